The highest BCUT2D eigenvalue weighted by Gasteiger charge is 2.05. The molecule has 1 unspecified atom stereocenters. The summed E-state index contributed by atoms with van der Waals surface area (Å²) < 4.78 is 11.0. The second-order valence-electron chi connectivity index (χ2n) is 6.45. The highest BCUT2D eigenvalue weighted by molar-refractivity contribution is 5.79. The molecule has 0 aliphatic heterocycles. The van der Waals surface area contributed by atoms with E-state index in [4.69, 9.17) is 9.47 Å². The van der Waals surface area contributed by atoms with Gasteiger partial charge in [-0.25, -0.2) is 0 Å². The minimum atomic E-state index is 0.0933. The number of hydrogen-bond acceptors (Lipinski definition) is 4. The number of hydrogen-bond donors (Lipinski definition) is 3. The lowest BCUT2D eigenvalue weighted by Gasteiger charge is -2.15. The van der Waals surface area contributed by atoms with Gasteiger partial charge in [0.25, 0.3) is 0 Å². The molecule has 2 aromatic carbocycles. The summed E-state index contributed by atoms with van der Waals surface area (Å²) in [5.74, 6) is 1.63. The highest BCUT2D eigenvalue weighted by Crippen LogP contribution is 2.23. The van der Waals surface area contributed by atoms with Crippen LogP contribution < -0.4 is 15.4 Å². The van der Waals surface area contributed by atoms with Crippen molar-refractivity contribution >= 4 is 5.96 Å². The largest absolute Gasteiger partial charge is 0.508 e. The van der Waals surface area contributed by atoms with Gasteiger partial charge in [0.05, 0.1) is 13.2 Å². The molecule has 0 aliphatic carbocycles. The van der Waals surface area contributed by atoms with Gasteiger partial charge in [-0.05, 0) is 37.0 Å². The Morgan fingerprint density at radius 2 is 1.86 bits per heavy atom. The first kappa shape index (κ1) is 21.6. The normalized spacial score (nSPS) is 12.5. The molecule has 0 saturated heterocycles. The fourth-order valence-electron chi connectivity index (χ4n) is 2.78. The van der Waals surface area contributed by atoms with Gasteiger partial charge >= 0.3 is 0 Å². The smallest absolute Gasteiger partial charge is 0.190 e. The van der Waals surface area contributed by atoms with Crippen molar-refractivity contribution in [2.24, 2.45) is 4.99 Å². The molecule has 0 saturated carbocycles. The zero-order chi connectivity index (χ0) is 20.2. The molecule has 0 aromatic heterocycles. The number of aromatic hydroxyl groups is 1. The Bertz CT molecular complexity index is 735. The van der Waals surface area contributed by atoms with Crippen LogP contribution in [0.2, 0.25) is 0 Å². The van der Waals surface area contributed by atoms with E-state index in [1.54, 1.807) is 20.2 Å². The van der Waals surface area contributed by atoms with Gasteiger partial charge in [-0.2, -0.15) is 0 Å². The molecule has 28 heavy (non-hydrogen) atoms. The summed E-state index contributed by atoms with van der Waals surface area (Å²) in [5, 5.41) is 16.5. The summed E-state index contributed by atoms with van der Waals surface area (Å²) in [4.78, 5) is 4.22. The summed E-state index contributed by atoms with van der Waals surface area (Å²) in [6, 6.07) is 15.6. The lowest BCUT2D eigenvalue weighted by molar-refractivity contribution is 0.0646. The summed E-state index contributed by atoms with van der Waals surface area (Å²) >= 11 is 0. The molecular weight excluding hydrogens is 354 g/mol. The average Bonchev–Trinajstić information content (AvgIpc) is 2.73. The Labute approximate surface area is 167 Å². The van der Waals surface area contributed by atoms with Crippen LogP contribution in [-0.2, 0) is 11.2 Å². The maximum absolute atomic E-state index is 10.0. The predicted octanol–water partition coefficient (Wildman–Crippen LogP) is 3.28. The van der Waals surface area contributed by atoms with Gasteiger partial charge in [0.15, 0.2) is 5.96 Å². The van der Waals surface area contributed by atoms with Crippen molar-refractivity contribution in [1.29, 1.82) is 0 Å². The Balaban J connectivity index is 1.62. The lowest BCUT2D eigenvalue weighted by Crippen LogP contribution is -2.39. The number of ether oxygens (including phenoxy) is 2. The highest BCUT2D eigenvalue weighted by atomic mass is 16.5. The molecule has 0 bridgehead atoms. The van der Waals surface area contributed by atoms with Gasteiger partial charge in [0.2, 0.25) is 0 Å². The number of phenolic OH excluding ortho intramolecular Hbond substituents is 1. The number of nitrogens with one attached hydrogen (secondary N) is 2. The Morgan fingerprint density at radius 3 is 2.54 bits per heavy atom. The van der Waals surface area contributed by atoms with Crippen molar-refractivity contribution < 1.29 is 14.6 Å². The van der Waals surface area contributed by atoms with Crippen molar-refractivity contribution in [1.82, 2.24) is 10.6 Å². The minimum Gasteiger partial charge on any atom is -0.508 e. The number of nitrogens with zero attached hydrogens (tertiary/aromatic N) is 1. The summed E-state index contributed by atoms with van der Waals surface area (Å²) in [6.07, 6.45) is 1.67. The van der Waals surface area contributed by atoms with Crippen LogP contribution in [0.1, 0.15) is 30.6 Å². The van der Waals surface area contributed by atoms with Gasteiger partial charge in [-0.1, -0.05) is 36.4 Å². The standard InChI is InChI=1S/C22H31N3O3/c1-17(18-8-5-4-6-9-18)28-15-7-13-24-22(23-2)25-14-12-19-10-11-20(27-3)16-21(19)26/h4-6,8-11,16-17,26H,7,12-15H2,1-3H3,(H2,23,24,25). The quantitative estimate of drug-likeness (QED) is 0.332. The summed E-state index contributed by atoms with van der Waals surface area (Å²) in [7, 11) is 3.33. The van der Waals surface area contributed by atoms with E-state index < -0.39 is 0 Å². The number of rotatable bonds is 10. The van der Waals surface area contributed by atoms with Gasteiger partial charge < -0.3 is 25.2 Å². The van der Waals surface area contributed by atoms with E-state index in [0.29, 0.717) is 25.3 Å². The topological polar surface area (TPSA) is 75.1 Å². The molecule has 6 nitrogen and oxygen atoms in total. The Kier molecular flexibility index (Phi) is 9.15. The molecule has 152 valence electrons. The second-order valence-corrected chi connectivity index (χ2v) is 6.45. The van der Waals surface area contributed by atoms with Gasteiger partial charge in [-0.15, -0.1) is 0 Å². The summed E-state index contributed by atoms with van der Waals surface area (Å²) in [5.41, 5.74) is 2.06. The second kappa shape index (κ2) is 11.9. The predicted molar refractivity (Wildman–Crippen MR) is 113 cm³/mol. The number of benzene rings is 2. The van der Waals surface area contributed by atoms with Crippen LogP contribution in [0.4, 0.5) is 0 Å². The molecule has 0 radical (unpaired) electrons. The van der Waals surface area contributed by atoms with Gasteiger partial charge in [0.1, 0.15) is 11.5 Å². The Morgan fingerprint density at radius 1 is 1.11 bits per heavy atom. The van der Waals surface area contributed by atoms with Crippen LogP contribution in [0, 0.1) is 0 Å². The molecule has 0 fully saturated rings. The molecule has 1 atom stereocenters. The number of methoxy groups -OCH3 is 1. The molecule has 3 N–H and O–H groups in total. The molecule has 6 heteroatoms. The van der Waals surface area contributed by atoms with E-state index in [0.717, 1.165) is 24.5 Å². The third kappa shape index (κ3) is 7.12. The van der Waals surface area contributed by atoms with Crippen molar-refractivity contribution in [3.8, 4) is 11.5 Å². The minimum absolute atomic E-state index is 0.0933. The zero-order valence-electron chi connectivity index (χ0n) is 16.9. The third-order valence-corrected chi connectivity index (χ3v) is 4.45. The monoisotopic (exact) mass is 385 g/mol. The van der Waals surface area contributed by atoms with Gasteiger partial charge in [0, 0.05) is 32.8 Å². The van der Waals surface area contributed by atoms with E-state index in [1.807, 2.05) is 30.3 Å². The summed E-state index contributed by atoms with van der Waals surface area (Å²) in [6.45, 7) is 4.19. The number of phenols is 1. The van der Waals surface area contributed by atoms with Crippen molar-refractivity contribution in [2.75, 3.05) is 33.9 Å². The Hall–Kier alpha value is -2.73. The van der Waals surface area contributed by atoms with Crippen LogP contribution >= 0.6 is 0 Å². The fraction of sp³-hybridized carbons (Fsp3) is 0.409. The maximum atomic E-state index is 10.0. The van der Waals surface area contributed by atoms with Crippen molar-refractivity contribution in [3.05, 3.63) is 59.7 Å². The maximum Gasteiger partial charge on any atom is 0.190 e. The van der Waals surface area contributed by atoms with Crippen LogP contribution in [0.3, 0.4) is 0 Å². The molecule has 2 aromatic rings. The molecule has 0 spiro atoms. The molecule has 0 amide bonds. The molecular formula is C22H31N3O3. The zero-order valence-corrected chi connectivity index (χ0v) is 16.9. The molecule has 2 rings (SSSR count). The van der Waals surface area contributed by atoms with Crippen molar-refractivity contribution in [2.45, 2.75) is 25.9 Å². The number of aliphatic imine (C=N–C) groups is 1. The van der Waals surface area contributed by atoms with E-state index in [9.17, 15) is 5.11 Å². The van der Waals surface area contributed by atoms with Crippen LogP contribution in [0.5, 0.6) is 11.5 Å². The number of guanidine groups is 1. The van der Waals surface area contributed by atoms with E-state index in [2.05, 4.69) is 34.7 Å². The van der Waals surface area contributed by atoms with E-state index in [1.165, 1.54) is 5.56 Å². The SMILES string of the molecule is CN=C(NCCCOC(C)c1ccccc1)NCCc1ccc(OC)cc1O. The molecule has 0 aliphatic rings. The van der Waals surface area contributed by atoms with Crippen LogP contribution in [0.25, 0.3) is 0 Å². The molecule has 0 heterocycles. The van der Waals surface area contributed by atoms with E-state index >= 15 is 0 Å². The van der Waals surface area contributed by atoms with E-state index in [-0.39, 0.29) is 11.9 Å². The first-order valence-electron chi connectivity index (χ1n) is 9.61. The fourth-order valence-corrected chi connectivity index (χ4v) is 2.78. The van der Waals surface area contributed by atoms with Crippen molar-refractivity contribution in [3.63, 3.8) is 0 Å². The average molecular weight is 386 g/mol. The van der Waals surface area contributed by atoms with Crippen LogP contribution in [0.15, 0.2) is 53.5 Å². The first-order chi connectivity index (χ1) is 13.6. The van der Waals surface area contributed by atoms with Gasteiger partial charge in [-0.3, -0.25) is 4.99 Å². The first-order valence-corrected chi connectivity index (χ1v) is 9.61. The lowest BCUT2D eigenvalue weighted by atomic mass is 10.1. The van der Waals surface area contributed by atoms with Crippen LogP contribution in [-0.4, -0.2) is 44.9 Å². The third-order valence-electron chi connectivity index (χ3n) is 4.45.